The highest BCUT2D eigenvalue weighted by Gasteiger charge is 2.12. The number of allylic oxidation sites excluding steroid dienone is 2. The van der Waals surface area contributed by atoms with Gasteiger partial charge in [0, 0.05) is 0 Å². The fourth-order valence-corrected chi connectivity index (χ4v) is 1.55. The van der Waals surface area contributed by atoms with Crippen LogP contribution in [0.15, 0.2) is 10.7 Å². The van der Waals surface area contributed by atoms with E-state index in [4.69, 9.17) is 4.74 Å². The van der Waals surface area contributed by atoms with Gasteiger partial charge in [-0.1, -0.05) is 6.92 Å². The second-order valence-corrected chi connectivity index (χ2v) is 3.70. The summed E-state index contributed by atoms with van der Waals surface area (Å²) < 4.78 is 9.07. The number of methoxy groups -OCH3 is 1. The van der Waals surface area contributed by atoms with Crippen LogP contribution in [0.3, 0.4) is 0 Å². The number of carbonyl (C=O) groups excluding carboxylic acids is 2. The van der Waals surface area contributed by atoms with Crippen molar-refractivity contribution >= 4 is 23.7 Å². The summed E-state index contributed by atoms with van der Waals surface area (Å²) in [5, 5.41) is 0. The van der Waals surface area contributed by atoms with Gasteiger partial charge >= 0.3 is 6.16 Å². The Morgan fingerprint density at radius 1 is 1.29 bits per heavy atom. The number of ketones is 1. The molecular weight excluding hydrogens is 204 g/mol. The fourth-order valence-electron chi connectivity index (χ4n) is 0.809. The molecule has 14 heavy (non-hydrogen) atoms. The number of ether oxygens (including phenoxy) is 2. The maximum atomic E-state index is 11.1. The van der Waals surface area contributed by atoms with E-state index in [2.05, 4.69) is 4.74 Å². The molecule has 0 aromatic heterocycles. The smallest absolute Gasteiger partial charge is 0.437 e. The van der Waals surface area contributed by atoms with Crippen LogP contribution < -0.4 is 0 Å². The van der Waals surface area contributed by atoms with Gasteiger partial charge in [0.15, 0.2) is 5.78 Å². The quantitative estimate of drug-likeness (QED) is 0.412. The van der Waals surface area contributed by atoms with Crippen LogP contribution in [0.2, 0.25) is 0 Å². The second kappa shape index (κ2) is 6.48. The van der Waals surface area contributed by atoms with Gasteiger partial charge in [0.25, 0.3) is 0 Å². The molecule has 0 aromatic rings. The van der Waals surface area contributed by atoms with Crippen molar-refractivity contribution in [2.24, 2.45) is 0 Å². The van der Waals surface area contributed by atoms with Crippen molar-refractivity contribution in [3.63, 3.8) is 0 Å². The third-order valence-electron chi connectivity index (χ3n) is 1.33. The molecular formula is C9H14O4S. The van der Waals surface area contributed by atoms with Crippen molar-refractivity contribution in [2.75, 3.05) is 12.9 Å². The van der Waals surface area contributed by atoms with Crippen molar-refractivity contribution in [3.05, 3.63) is 10.7 Å². The first-order valence-corrected chi connectivity index (χ1v) is 5.11. The van der Waals surface area contributed by atoms with Gasteiger partial charge in [0.2, 0.25) is 0 Å². The van der Waals surface area contributed by atoms with E-state index >= 15 is 0 Å². The van der Waals surface area contributed by atoms with E-state index < -0.39 is 6.16 Å². The number of hydrogen-bond acceptors (Lipinski definition) is 5. The minimum Gasteiger partial charge on any atom is -0.437 e. The van der Waals surface area contributed by atoms with Crippen LogP contribution in [-0.4, -0.2) is 24.8 Å². The lowest BCUT2D eigenvalue weighted by atomic mass is 10.4. The van der Waals surface area contributed by atoms with Gasteiger partial charge in [0.05, 0.1) is 12.0 Å². The van der Waals surface area contributed by atoms with E-state index in [0.29, 0.717) is 4.91 Å². The summed E-state index contributed by atoms with van der Waals surface area (Å²) in [7, 11) is 1.22. The summed E-state index contributed by atoms with van der Waals surface area (Å²) in [6.45, 7) is 4.91. The largest absolute Gasteiger partial charge is 0.513 e. The molecule has 0 heterocycles. The Kier molecular flexibility index (Phi) is 6.03. The van der Waals surface area contributed by atoms with Gasteiger partial charge in [-0.2, -0.15) is 0 Å². The van der Waals surface area contributed by atoms with Gasteiger partial charge < -0.3 is 9.47 Å². The third kappa shape index (κ3) is 4.32. The Balaban J connectivity index is 4.63. The van der Waals surface area contributed by atoms with Gasteiger partial charge in [-0.05, 0) is 19.6 Å². The zero-order valence-corrected chi connectivity index (χ0v) is 9.56. The van der Waals surface area contributed by atoms with Crippen molar-refractivity contribution < 1.29 is 19.1 Å². The van der Waals surface area contributed by atoms with Crippen LogP contribution in [0, 0.1) is 0 Å². The van der Waals surface area contributed by atoms with E-state index in [-0.39, 0.29) is 11.5 Å². The zero-order valence-electron chi connectivity index (χ0n) is 8.75. The van der Waals surface area contributed by atoms with E-state index in [1.54, 1.807) is 6.92 Å². The zero-order chi connectivity index (χ0) is 11.1. The molecule has 0 aromatic carbocycles. The Labute approximate surface area is 87.6 Å². The lowest BCUT2D eigenvalue weighted by Crippen LogP contribution is -2.06. The van der Waals surface area contributed by atoms with Crippen LogP contribution in [0.4, 0.5) is 4.79 Å². The molecule has 0 spiro atoms. The molecule has 4 nitrogen and oxygen atoms in total. The molecule has 0 aliphatic rings. The van der Waals surface area contributed by atoms with Gasteiger partial charge in [-0.3, -0.25) is 4.79 Å². The summed E-state index contributed by atoms with van der Waals surface area (Å²) in [5.74, 6) is 0.922. The molecule has 0 atom stereocenters. The predicted molar refractivity (Wildman–Crippen MR) is 55.0 cm³/mol. The van der Waals surface area contributed by atoms with Crippen LogP contribution >= 0.6 is 11.8 Å². The molecule has 0 saturated carbocycles. The maximum absolute atomic E-state index is 11.1. The summed E-state index contributed by atoms with van der Waals surface area (Å²) in [6, 6.07) is 0. The van der Waals surface area contributed by atoms with Crippen LogP contribution in [0.1, 0.15) is 20.8 Å². The Morgan fingerprint density at radius 3 is 2.21 bits per heavy atom. The molecule has 0 amide bonds. The van der Waals surface area contributed by atoms with Gasteiger partial charge in [-0.25, -0.2) is 4.79 Å². The number of Topliss-reactive ketones (excluding diaryl/α,β-unsaturated/α-hetero) is 1. The summed E-state index contributed by atoms with van der Waals surface area (Å²) in [6.07, 6.45) is -0.807. The Morgan fingerprint density at radius 2 is 1.86 bits per heavy atom. The predicted octanol–water partition coefficient (Wildman–Crippen LogP) is 2.34. The highest BCUT2D eigenvalue weighted by molar-refractivity contribution is 8.03. The van der Waals surface area contributed by atoms with Crippen LogP contribution in [0.25, 0.3) is 0 Å². The minimum absolute atomic E-state index is 0.113. The lowest BCUT2D eigenvalue weighted by Gasteiger charge is -2.07. The molecule has 80 valence electrons. The van der Waals surface area contributed by atoms with Gasteiger partial charge in [-0.15, -0.1) is 11.8 Å². The van der Waals surface area contributed by atoms with Crippen molar-refractivity contribution in [2.45, 2.75) is 20.8 Å². The topological polar surface area (TPSA) is 52.6 Å². The van der Waals surface area contributed by atoms with E-state index in [1.807, 2.05) is 6.92 Å². The normalized spacial score (nSPS) is 11.7. The molecule has 0 fully saturated rings. The number of thioether (sulfide) groups is 1. The summed E-state index contributed by atoms with van der Waals surface area (Å²) >= 11 is 1.34. The van der Waals surface area contributed by atoms with E-state index in [0.717, 1.165) is 5.75 Å². The Bertz CT molecular complexity index is 258. The average Bonchev–Trinajstić information content (AvgIpc) is 2.13. The highest BCUT2D eigenvalue weighted by atomic mass is 32.2. The molecule has 0 bridgehead atoms. The molecule has 0 radical (unpaired) electrons. The molecule has 5 heteroatoms. The number of hydrogen-bond donors (Lipinski definition) is 0. The molecule has 0 saturated heterocycles. The summed E-state index contributed by atoms with van der Waals surface area (Å²) in [5.41, 5.74) is 0. The lowest BCUT2D eigenvalue weighted by molar-refractivity contribution is -0.113. The van der Waals surface area contributed by atoms with E-state index in [1.165, 1.54) is 25.8 Å². The highest BCUT2D eigenvalue weighted by Crippen LogP contribution is 2.21. The third-order valence-corrected chi connectivity index (χ3v) is 2.48. The molecule has 0 aliphatic carbocycles. The number of rotatable bonds is 4. The SMILES string of the molecule is CCS/C(C(C)=O)=C(/C)OC(=O)OC. The van der Waals surface area contributed by atoms with Crippen molar-refractivity contribution in [3.8, 4) is 0 Å². The van der Waals surface area contributed by atoms with Crippen molar-refractivity contribution in [1.29, 1.82) is 0 Å². The van der Waals surface area contributed by atoms with E-state index in [9.17, 15) is 9.59 Å². The first-order chi connectivity index (χ1) is 6.52. The molecule has 0 N–H and O–H groups in total. The fraction of sp³-hybridized carbons (Fsp3) is 0.556. The van der Waals surface area contributed by atoms with Crippen molar-refractivity contribution in [1.82, 2.24) is 0 Å². The van der Waals surface area contributed by atoms with Gasteiger partial charge in [0.1, 0.15) is 5.76 Å². The Hall–Kier alpha value is -0.970. The number of carbonyl (C=O) groups is 2. The molecule has 0 unspecified atom stereocenters. The molecule has 0 rings (SSSR count). The second-order valence-electron chi connectivity index (χ2n) is 2.43. The summed E-state index contributed by atoms with van der Waals surface area (Å²) in [4.78, 5) is 22.3. The first kappa shape index (κ1) is 13.0. The maximum Gasteiger partial charge on any atom is 0.513 e. The minimum atomic E-state index is -0.807. The first-order valence-electron chi connectivity index (χ1n) is 4.13. The monoisotopic (exact) mass is 218 g/mol. The van der Waals surface area contributed by atoms with Crippen LogP contribution in [0.5, 0.6) is 0 Å². The average molecular weight is 218 g/mol. The standard InChI is InChI=1S/C9H14O4S/c1-5-14-8(6(2)10)7(3)13-9(11)12-4/h5H2,1-4H3/b8-7-. The van der Waals surface area contributed by atoms with Crippen LogP contribution in [-0.2, 0) is 14.3 Å². The molecule has 0 aliphatic heterocycles.